The van der Waals surface area contributed by atoms with Crippen LogP contribution in [0.3, 0.4) is 0 Å². The Morgan fingerprint density at radius 2 is 1.88 bits per heavy atom. The van der Waals surface area contributed by atoms with Crippen molar-refractivity contribution in [3.05, 3.63) is 64.7 Å². The molecule has 0 aromatic heterocycles. The molecular weight excluding hydrogens is 324 g/mol. The summed E-state index contributed by atoms with van der Waals surface area (Å²) in [5.74, 6) is 0.182. The Bertz CT molecular complexity index is 811. The van der Waals surface area contributed by atoms with Crippen LogP contribution >= 0.6 is 0 Å². The number of nitrogens with zero attached hydrogens (tertiary/aromatic N) is 1. The average molecular weight is 350 g/mol. The summed E-state index contributed by atoms with van der Waals surface area (Å²) in [6, 6.07) is 14.0. The zero-order valence-corrected chi connectivity index (χ0v) is 15.7. The van der Waals surface area contributed by atoms with Gasteiger partial charge in [0.1, 0.15) is 0 Å². The zero-order valence-electron chi connectivity index (χ0n) is 15.7. The molecule has 26 heavy (non-hydrogen) atoms. The van der Waals surface area contributed by atoms with Gasteiger partial charge in [0.05, 0.1) is 12.5 Å². The molecule has 1 N–H and O–H groups in total. The third-order valence-corrected chi connectivity index (χ3v) is 4.96. The van der Waals surface area contributed by atoms with Gasteiger partial charge in [-0.1, -0.05) is 35.9 Å². The van der Waals surface area contributed by atoms with E-state index < -0.39 is 0 Å². The number of aryl methyl sites for hydroxylation is 2. The molecule has 2 aromatic carbocycles. The molecule has 4 nitrogen and oxygen atoms in total. The largest absolute Gasteiger partial charge is 0.349 e. The van der Waals surface area contributed by atoms with Crippen molar-refractivity contribution in [3.8, 4) is 0 Å². The van der Waals surface area contributed by atoms with E-state index in [4.69, 9.17) is 0 Å². The molecule has 1 atom stereocenters. The van der Waals surface area contributed by atoms with E-state index in [1.165, 1.54) is 11.1 Å². The zero-order chi connectivity index (χ0) is 18.7. The Labute approximate surface area is 155 Å². The van der Waals surface area contributed by atoms with Crippen LogP contribution in [0.4, 0.5) is 5.69 Å². The maximum atomic E-state index is 12.4. The molecule has 4 heteroatoms. The first-order chi connectivity index (χ1) is 12.4. The van der Waals surface area contributed by atoms with Crippen LogP contribution in [0.5, 0.6) is 0 Å². The van der Waals surface area contributed by atoms with Crippen LogP contribution in [-0.2, 0) is 16.0 Å². The predicted octanol–water partition coefficient (Wildman–Crippen LogP) is 3.85. The van der Waals surface area contributed by atoms with Crippen molar-refractivity contribution < 1.29 is 9.59 Å². The van der Waals surface area contributed by atoms with Crippen molar-refractivity contribution in [1.82, 2.24) is 5.32 Å². The first kappa shape index (κ1) is 18.2. The van der Waals surface area contributed by atoms with E-state index in [1.807, 2.05) is 36.1 Å². The fraction of sp³-hybridized carbons (Fsp3) is 0.364. The molecule has 0 bridgehead atoms. The standard InChI is InChI=1S/C22H26N2O2/c1-15-6-7-16(2)20(13-15)17(3)23-21(25)14-18-8-10-19(11-9-18)24-12-4-5-22(24)26/h6-11,13,17H,4-5,12,14H2,1-3H3,(H,23,25)/t17-/m0/s1. The summed E-state index contributed by atoms with van der Waals surface area (Å²) < 4.78 is 0. The van der Waals surface area contributed by atoms with E-state index in [1.54, 1.807) is 0 Å². The number of benzene rings is 2. The quantitative estimate of drug-likeness (QED) is 0.890. The Hall–Kier alpha value is -2.62. The van der Waals surface area contributed by atoms with Gasteiger partial charge in [-0.2, -0.15) is 0 Å². The SMILES string of the molecule is Cc1ccc(C)c([C@H](C)NC(=O)Cc2ccc(N3CCCC3=O)cc2)c1. The maximum absolute atomic E-state index is 12.4. The summed E-state index contributed by atoms with van der Waals surface area (Å²) in [6.07, 6.45) is 1.88. The lowest BCUT2D eigenvalue weighted by Crippen LogP contribution is -2.28. The maximum Gasteiger partial charge on any atom is 0.227 e. The molecule has 1 heterocycles. The van der Waals surface area contributed by atoms with Crippen LogP contribution in [0.1, 0.15) is 48.1 Å². The minimum Gasteiger partial charge on any atom is -0.349 e. The van der Waals surface area contributed by atoms with Crippen LogP contribution < -0.4 is 10.2 Å². The highest BCUT2D eigenvalue weighted by Crippen LogP contribution is 2.22. The highest BCUT2D eigenvalue weighted by molar-refractivity contribution is 5.95. The fourth-order valence-corrected chi connectivity index (χ4v) is 3.50. The third kappa shape index (κ3) is 4.13. The van der Waals surface area contributed by atoms with Crippen LogP contribution in [0.15, 0.2) is 42.5 Å². The number of rotatable bonds is 5. The molecule has 0 radical (unpaired) electrons. The third-order valence-electron chi connectivity index (χ3n) is 4.96. The summed E-state index contributed by atoms with van der Waals surface area (Å²) in [7, 11) is 0. The summed E-state index contributed by atoms with van der Waals surface area (Å²) in [6.45, 7) is 6.92. The lowest BCUT2D eigenvalue weighted by atomic mass is 9.99. The van der Waals surface area contributed by atoms with E-state index in [2.05, 4.69) is 37.4 Å². The van der Waals surface area contributed by atoms with Crippen LogP contribution in [-0.4, -0.2) is 18.4 Å². The molecule has 1 aliphatic rings. The smallest absolute Gasteiger partial charge is 0.227 e. The second-order valence-electron chi connectivity index (χ2n) is 7.14. The van der Waals surface area contributed by atoms with Gasteiger partial charge in [0, 0.05) is 18.7 Å². The lowest BCUT2D eigenvalue weighted by molar-refractivity contribution is -0.121. The molecule has 1 aliphatic heterocycles. The van der Waals surface area contributed by atoms with Crippen molar-refractivity contribution in [1.29, 1.82) is 0 Å². The predicted molar refractivity (Wildman–Crippen MR) is 104 cm³/mol. The Morgan fingerprint density at radius 1 is 1.15 bits per heavy atom. The number of carbonyl (C=O) groups is 2. The molecule has 3 rings (SSSR count). The van der Waals surface area contributed by atoms with E-state index in [0.29, 0.717) is 12.8 Å². The molecule has 1 fully saturated rings. The Balaban J connectivity index is 1.61. The summed E-state index contributed by atoms with van der Waals surface area (Å²) in [5.41, 5.74) is 5.40. The fourth-order valence-electron chi connectivity index (χ4n) is 3.50. The number of hydrogen-bond donors (Lipinski definition) is 1. The molecule has 0 unspecified atom stereocenters. The molecule has 0 aliphatic carbocycles. The van der Waals surface area contributed by atoms with Gasteiger partial charge in [-0.3, -0.25) is 9.59 Å². The van der Waals surface area contributed by atoms with Crippen LogP contribution in [0.2, 0.25) is 0 Å². The summed E-state index contributed by atoms with van der Waals surface area (Å²) in [5, 5.41) is 3.09. The van der Waals surface area contributed by atoms with E-state index in [-0.39, 0.29) is 17.9 Å². The van der Waals surface area contributed by atoms with Crippen molar-refractivity contribution in [2.24, 2.45) is 0 Å². The minimum atomic E-state index is -0.0242. The second kappa shape index (κ2) is 7.73. The number of hydrogen-bond acceptors (Lipinski definition) is 2. The molecular formula is C22H26N2O2. The minimum absolute atomic E-state index is 0.00315. The lowest BCUT2D eigenvalue weighted by Gasteiger charge is -2.18. The van der Waals surface area contributed by atoms with Crippen molar-refractivity contribution in [2.75, 3.05) is 11.4 Å². The van der Waals surface area contributed by atoms with Crippen molar-refractivity contribution >= 4 is 17.5 Å². The monoisotopic (exact) mass is 350 g/mol. The highest BCUT2D eigenvalue weighted by Gasteiger charge is 2.21. The van der Waals surface area contributed by atoms with Crippen LogP contribution in [0, 0.1) is 13.8 Å². The van der Waals surface area contributed by atoms with Gasteiger partial charge >= 0.3 is 0 Å². The number of carbonyl (C=O) groups excluding carboxylic acids is 2. The number of amides is 2. The van der Waals surface area contributed by atoms with Gasteiger partial charge < -0.3 is 10.2 Å². The second-order valence-corrected chi connectivity index (χ2v) is 7.14. The van der Waals surface area contributed by atoms with E-state index >= 15 is 0 Å². The van der Waals surface area contributed by atoms with Gasteiger partial charge in [-0.05, 0) is 56.0 Å². The van der Waals surface area contributed by atoms with Gasteiger partial charge in [0.2, 0.25) is 11.8 Å². The van der Waals surface area contributed by atoms with E-state index in [0.717, 1.165) is 29.8 Å². The van der Waals surface area contributed by atoms with Gasteiger partial charge in [-0.25, -0.2) is 0 Å². The number of anilines is 1. The average Bonchev–Trinajstić information content (AvgIpc) is 3.03. The summed E-state index contributed by atoms with van der Waals surface area (Å²) >= 11 is 0. The van der Waals surface area contributed by atoms with Crippen molar-refractivity contribution in [3.63, 3.8) is 0 Å². The Kier molecular flexibility index (Phi) is 5.40. The topological polar surface area (TPSA) is 49.4 Å². The van der Waals surface area contributed by atoms with Crippen molar-refractivity contribution in [2.45, 2.75) is 46.1 Å². The number of nitrogens with one attached hydrogen (secondary N) is 1. The first-order valence-electron chi connectivity index (χ1n) is 9.20. The van der Waals surface area contributed by atoms with Gasteiger partial charge in [0.25, 0.3) is 0 Å². The molecule has 0 saturated carbocycles. The normalized spacial score (nSPS) is 15.2. The van der Waals surface area contributed by atoms with Crippen LogP contribution in [0.25, 0.3) is 0 Å². The molecule has 2 aromatic rings. The highest BCUT2D eigenvalue weighted by atomic mass is 16.2. The first-order valence-corrected chi connectivity index (χ1v) is 9.20. The molecule has 2 amide bonds. The molecule has 1 saturated heterocycles. The van der Waals surface area contributed by atoms with Gasteiger partial charge in [-0.15, -0.1) is 0 Å². The molecule has 136 valence electrons. The van der Waals surface area contributed by atoms with Gasteiger partial charge in [0.15, 0.2) is 0 Å². The Morgan fingerprint density at radius 3 is 2.54 bits per heavy atom. The summed E-state index contributed by atoms with van der Waals surface area (Å²) in [4.78, 5) is 26.0. The van der Waals surface area contributed by atoms with E-state index in [9.17, 15) is 9.59 Å². The molecule has 0 spiro atoms.